The van der Waals surface area contributed by atoms with Gasteiger partial charge in [0, 0.05) is 0 Å². The Balaban J connectivity index is 3.25. The van der Waals surface area contributed by atoms with E-state index in [0.717, 1.165) is 0 Å². The molecule has 0 unspecified atom stereocenters. The molecule has 1 rings (SSSR count). The van der Waals surface area contributed by atoms with Crippen molar-refractivity contribution < 1.29 is 19.3 Å². The zero-order valence-electron chi connectivity index (χ0n) is 9.49. The van der Waals surface area contributed by atoms with Crippen molar-refractivity contribution in [2.75, 3.05) is 27.2 Å². The van der Waals surface area contributed by atoms with Crippen LogP contribution in [-0.4, -0.2) is 32.3 Å². The molecule has 5 heteroatoms. The van der Waals surface area contributed by atoms with E-state index in [1.165, 1.54) is 21.3 Å². The van der Waals surface area contributed by atoms with E-state index in [9.17, 15) is 5.11 Å². The summed E-state index contributed by atoms with van der Waals surface area (Å²) in [4.78, 5) is 0. The van der Waals surface area contributed by atoms with Crippen LogP contribution in [0.1, 0.15) is 11.7 Å². The van der Waals surface area contributed by atoms with Gasteiger partial charge in [0.1, 0.15) is 0 Å². The third kappa shape index (κ3) is 2.51. The zero-order valence-corrected chi connectivity index (χ0v) is 10.2. The number of methoxy groups -OCH3 is 3. The van der Waals surface area contributed by atoms with E-state index in [1.54, 1.807) is 12.1 Å². The molecule has 1 atom stereocenters. The summed E-state index contributed by atoms with van der Waals surface area (Å²) >= 11 is 5.59. The van der Waals surface area contributed by atoms with Crippen molar-refractivity contribution in [2.24, 2.45) is 0 Å². The van der Waals surface area contributed by atoms with Gasteiger partial charge >= 0.3 is 0 Å². The van der Waals surface area contributed by atoms with Gasteiger partial charge in [0.2, 0.25) is 5.75 Å². The molecule has 0 heterocycles. The van der Waals surface area contributed by atoms with Gasteiger partial charge in [0.05, 0.1) is 33.3 Å². The molecule has 1 N–H and O–H groups in total. The number of aliphatic hydroxyl groups is 1. The van der Waals surface area contributed by atoms with Gasteiger partial charge in [-0.2, -0.15) is 0 Å². The SMILES string of the molecule is COc1cc([C@H](O)CCl)cc(OC)c1OC. The fourth-order valence-corrected chi connectivity index (χ4v) is 1.56. The average Bonchev–Trinajstić information content (AvgIpc) is 2.35. The lowest BCUT2D eigenvalue weighted by Crippen LogP contribution is -2.02. The van der Waals surface area contributed by atoms with E-state index < -0.39 is 6.10 Å². The van der Waals surface area contributed by atoms with Gasteiger partial charge in [0.25, 0.3) is 0 Å². The first kappa shape index (κ1) is 12.9. The van der Waals surface area contributed by atoms with Crippen molar-refractivity contribution in [1.29, 1.82) is 0 Å². The minimum atomic E-state index is -0.754. The molecule has 16 heavy (non-hydrogen) atoms. The molecule has 0 aliphatic rings. The summed E-state index contributed by atoms with van der Waals surface area (Å²) in [6.07, 6.45) is -0.754. The molecular weight excluding hydrogens is 232 g/mol. The minimum absolute atomic E-state index is 0.110. The lowest BCUT2D eigenvalue weighted by atomic mass is 10.1. The van der Waals surface area contributed by atoms with Crippen LogP contribution in [0.25, 0.3) is 0 Å². The standard InChI is InChI=1S/C11H15ClO4/c1-14-9-4-7(8(13)6-12)5-10(15-2)11(9)16-3/h4-5,8,13H,6H2,1-3H3/t8-/m1/s1. The third-order valence-corrected chi connectivity index (χ3v) is 2.51. The monoisotopic (exact) mass is 246 g/mol. The van der Waals surface area contributed by atoms with Crippen LogP contribution in [0.5, 0.6) is 17.2 Å². The van der Waals surface area contributed by atoms with Gasteiger partial charge < -0.3 is 19.3 Å². The molecule has 0 bridgehead atoms. The number of ether oxygens (including phenoxy) is 3. The molecule has 0 spiro atoms. The molecule has 0 saturated carbocycles. The normalized spacial score (nSPS) is 12.1. The van der Waals surface area contributed by atoms with Gasteiger partial charge in [-0.1, -0.05) is 0 Å². The predicted octanol–water partition coefficient (Wildman–Crippen LogP) is 1.98. The van der Waals surface area contributed by atoms with Crippen LogP contribution in [0.3, 0.4) is 0 Å². The highest BCUT2D eigenvalue weighted by Crippen LogP contribution is 2.39. The first-order valence-electron chi connectivity index (χ1n) is 4.71. The summed E-state index contributed by atoms with van der Waals surface area (Å²) in [6.45, 7) is 0. The number of hydrogen-bond acceptors (Lipinski definition) is 4. The van der Waals surface area contributed by atoms with E-state index in [4.69, 9.17) is 25.8 Å². The molecule has 1 aromatic carbocycles. The Labute approximate surface area is 99.7 Å². The van der Waals surface area contributed by atoms with Gasteiger partial charge in [-0.25, -0.2) is 0 Å². The van der Waals surface area contributed by atoms with E-state index >= 15 is 0 Å². The maximum atomic E-state index is 9.65. The van der Waals surface area contributed by atoms with Crippen LogP contribution in [0.15, 0.2) is 12.1 Å². The molecule has 0 radical (unpaired) electrons. The van der Waals surface area contributed by atoms with Crippen LogP contribution in [0.2, 0.25) is 0 Å². The highest BCUT2D eigenvalue weighted by molar-refractivity contribution is 6.18. The van der Waals surface area contributed by atoms with E-state index in [2.05, 4.69) is 0 Å². The van der Waals surface area contributed by atoms with Crippen LogP contribution in [-0.2, 0) is 0 Å². The molecule has 0 aliphatic carbocycles. The Kier molecular flexibility index (Phi) is 4.71. The quantitative estimate of drug-likeness (QED) is 0.808. The minimum Gasteiger partial charge on any atom is -0.493 e. The fraction of sp³-hybridized carbons (Fsp3) is 0.455. The fourth-order valence-electron chi connectivity index (χ4n) is 1.38. The zero-order chi connectivity index (χ0) is 12.1. The van der Waals surface area contributed by atoms with Gasteiger partial charge in [-0.3, -0.25) is 0 Å². The maximum Gasteiger partial charge on any atom is 0.203 e. The Bertz CT molecular complexity index is 329. The van der Waals surface area contributed by atoms with Crippen LogP contribution in [0.4, 0.5) is 0 Å². The summed E-state index contributed by atoms with van der Waals surface area (Å²) in [6, 6.07) is 3.35. The van der Waals surface area contributed by atoms with Crippen molar-refractivity contribution in [3.63, 3.8) is 0 Å². The number of halogens is 1. The Morgan fingerprint density at radius 2 is 1.62 bits per heavy atom. The van der Waals surface area contributed by atoms with E-state index in [-0.39, 0.29) is 5.88 Å². The van der Waals surface area contributed by atoms with Gasteiger partial charge in [-0.15, -0.1) is 11.6 Å². The Morgan fingerprint density at radius 3 is 1.94 bits per heavy atom. The van der Waals surface area contributed by atoms with Gasteiger partial charge in [0.15, 0.2) is 11.5 Å². The first-order valence-corrected chi connectivity index (χ1v) is 5.25. The van der Waals surface area contributed by atoms with Crippen LogP contribution >= 0.6 is 11.6 Å². The Hall–Kier alpha value is -1.13. The third-order valence-electron chi connectivity index (χ3n) is 2.22. The second-order valence-electron chi connectivity index (χ2n) is 3.13. The molecular formula is C11H15ClO4. The maximum absolute atomic E-state index is 9.65. The van der Waals surface area contributed by atoms with Crippen molar-refractivity contribution in [2.45, 2.75) is 6.10 Å². The number of aliphatic hydroxyl groups excluding tert-OH is 1. The number of benzene rings is 1. The highest BCUT2D eigenvalue weighted by atomic mass is 35.5. The predicted molar refractivity (Wildman–Crippen MR) is 61.8 cm³/mol. The second kappa shape index (κ2) is 5.82. The highest BCUT2D eigenvalue weighted by Gasteiger charge is 2.16. The summed E-state index contributed by atoms with van der Waals surface area (Å²) < 4.78 is 15.5. The van der Waals surface area contributed by atoms with Crippen molar-refractivity contribution >= 4 is 11.6 Å². The number of hydrogen-bond donors (Lipinski definition) is 1. The van der Waals surface area contributed by atoms with E-state index in [1.807, 2.05) is 0 Å². The largest absolute Gasteiger partial charge is 0.493 e. The molecule has 4 nitrogen and oxygen atoms in total. The van der Waals surface area contributed by atoms with Crippen molar-refractivity contribution in [3.05, 3.63) is 17.7 Å². The second-order valence-corrected chi connectivity index (χ2v) is 3.44. The average molecular weight is 247 g/mol. The lowest BCUT2D eigenvalue weighted by molar-refractivity contribution is 0.201. The molecule has 90 valence electrons. The topological polar surface area (TPSA) is 47.9 Å². The van der Waals surface area contributed by atoms with Crippen LogP contribution in [0, 0.1) is 0 Å². The Morgan fingerprint density at radius 1 is 1.12 bits per heavy atom. The number of rotatable bonds is 5. The smallest absolute Gasteiger partial charge is 0.203 e. The van der Waals surface area contributed by atoms with Crippen LogP contribution < -0.4 is 14.2 Å². The molecule has 0 aliphatic heterocycles. The van der Waals surface area contributed by atoms with Crippen molar-refractivity contribution in [1.82, 2.24) is 0 Å². The molecule has 0 fully saturated rings. The summed E-state index contributed by atoms with van der Waals surface area (Å²) in [5.74, 6) is 1.61. The van der Waals surface area contributed by atoms with Crippen molar-refractivity contribution in [3.8, 4) is 17.2 Å². The molecule has 0 saturated heterocycles. The summed E-state index contributed by atoms with van der Waals surface area (Å²) in [5, 5.41) is 9.65. The summed E-state index contributed by atoms with van der Waals surface area (Å²) in [5.41, 5.74) is 0.629. The summed E-state index contributed by atoms with van der Waals surface area (Å²) in [7, 11) is 4.57. The molecule has 0 amide bonds. The van der Waals surface area contributed by atoms with Gasteiger partial charge in [-0.05, 0) is 17.7 Å². The lowest BCUT2D eigenvalue weighted by Gasteiger charge is -2.15. The van der Waals surface area contributed by atoms with E-state index in [0.29, 0.717) is 22.8 Å². The first-order chi connectivity index (χ1) is 7.67. The molecule has 0 aromatic heterocycles. The molecule has 1 aromatic rings. The number of alkyl halides is 1.